The van der Waals surface area contributed by atoms with Crippen LogP contribution in [0.3, 0.4) is 0 Å². The number of halogens is 4. The van der Waals surface area contributed by atoms with Crippen LogP contribution in [0.2, 0.25) is 0 Å². The van der Waals surface area contributed by atoms with E-state index in [1.807, 2.05) is 6.92 Å². The molecule has 1 aromatic carbocycles. The number of rotatable bonds is 6. The fourth-order valence-corrected chi connectivity index (χ4v) is 3.89. The van der Waals surface area contributed by atoms with Crippen molar-refractivity contribution in [3.05, 3.63) is 55.7 Å². The van der Waals surface area contributed by atoms with E-state index in [4.69, 9.17) is 5.11 Å². The first kappa shape index (κ1) is 21.2. The third kappa shape index (κ3) is 5.96. The topological polar surface area (TPSA) is 78.4 Å². The molecule has 0 bridgehead atoms. The van der Waals surface area contributed by atoms with Crippen molar-refractivity contribution in [1.29, 1.82) is 0 Å². The molecule has 0 unspecified atom stereocenters. The van der Waals surface area contributed by atoms with Gasteiger partial charge in [0.05, 0.1) is 16.5 Å². The Morgan fingerprint density at radius 1 is 1.30 bits per heavy atom. The summed E-state index contributed by atoms with van der Waals surface area (Å²) in [5, 5.41) is 13.5. The average molecular weight is 465 g/mol. The second kappa shape index (κ2) is 8.75. The number of hydrogen-bond acceptors (Lipinski definition) is 3. The molecule has 0 spiro atoms. The summed E-state index contributed by atoms with van der Waals surface area (Å²) in [6.07, 6.45) is -6.04. The largest absolute Gasteiger partial charge is 0.465 e. The van der Waals surface area contributed by atoms with Crippen molar-refractivity contribution in [3.8, 4) is 0 Å². The Morgan fingerprint density at radius 3 is 2.52 bits per heavy atom. The van der Waals surface area contributed by atoms with Crippen LogP contribution in [0.15, 0.2) is 34.8 Å². The zero-order valence-electron chi connectivity index (χ0n) is 14.1. The number of thiophene rings is 1. The van der Waals surface area contributed by atoms with Gasteiger partial charge in [-0.2, -0.15) is 13.2 Å². The van der Waals surface area contributed by atoms with Crippen molar-refractivity contribution in [3.63, 3.8) is 0 Å². The van der Waals surface area contributed by atoms with Gasteiger partial charge in [0, 0.05) is 15.9 Å². The van der Waals surface area contributed by atoms with Gasteiger partial charge in [-0.25, -0.2) is 4.79 Å². The molecule has 2 aromatic rings. The van der Waals surface area contributed by atoms with Gasteiger partial charge in [0.2, 0.25) is 0 Å². The van der Waals surface area contributed by atoms with Crippen molar-refractivity contribution in [1.82, 2.24) is 10.6 Å². The summed E-state index contributed by atoms with van der Waals surface area (Å²) < 4.78 is 40.3. The molecule has 0 saturated heterocycles. The molecule has 3 N–H and O–H groups in total. The smallest absolute Gasteiger partial charge is 0.416 e. The minimum atomic E-state index is -4.54. The lowest BCUT2D eigenvalue weighted by Crippen LogP contribution is -2.44. The van der Waals surface area contributed by atoms with Gasteiger partial charge < -0.3 is 15.7 Å². The number of aryl methyl sites for hydroxylation is 1. The number of carbonyl (C=O) groups excluding carboxylic acids is 1. The summed E-state index contributed by atoms with van der Waals surface area (Å²) in [5.41, 5.74) is -0.833. The maximum Gasteiger partial charge on any atom is 0.416 e. The molecule has 27 heavy (non-hydrogen) atoms. The van der Waals surface area contributed by atoms with Crippen LogP contribution in [0.5, 0.6) is 0 Å². The van der Waals surface area contributed by atoms with E-state index < -0.39 is 29.8 Å². The normalized spacial score (nSPS) is 12.5. The maximum atomic E-state index is 13.2. The van der Waals surface area contributed by atoms with E-state index in [1.54, 1.807) is 6.07 Å². The highest BCUT2D eigenvalue weighted by molar-refractivity contribution is 9.10. The van der Waals surface area contributed by atoms with Crippen molar-refractivity contribution in [2.45, 2.75) is 25.6 Å². The molecule has 2 amide bonds. The Morgan fingerprint density at radius 2 is 1.96 bits per heavy atom. The van der Waals surface area contributed by atoms with Gasteiger partial charge in [-0.15, -0.1) is 11.3 Å². The molecule has 0 radical (unpaired) electrons. The summed E-state index contributed by atoms with van der Waals surface area (Å²) in [7, 11) is 0. The lowest BCUT2D eigenvalue weighted by atomic mass is 9.99. The van der Waals surface area contributed by atoms with E-state index in [0.29, 0.717) is 4.88 Å². The highest BCUT2D eigenvalue weighted by atomic mass is 79.9. The molecule has 0 fully saturated rings. The van der Waals surface area contributed by atoms with E-state index >= 15 is 0 Å². The molecule has 2 rings (SSSR count). The highest BCUT2D eigenvalue weighted by Gasteiger charge is 2.33. The number of alkyl halides is 3. The van der Waals surface area contributed by atoms with Gasteiger partial charge in [0.1, 0.15) is 0 Å². The van der Waals surface area contributed by atoms with Gasteiger partial charge in [0.25, 0.3) is 5.91 Å². The van der Waals surface area contributed by atoms with E-state index in [9.17, 15) is 22.8 Å². The van der Waals surface area contributed by atoms with E-state index in [0.717, 1.165) is 15.4 Å². The summed E-state index contributed by atoms with van der Waals surface area (Å²) in [5.74, 6) is -0.476. The molecule has 1 aromatic heterocycles. The van der Waals surface area contributed by atoms with Gasteiger partial charge in [-0.3, -0.25) is 4.79 Å². The van der Waals surface area contributed by atoms with Crippen LogP contribution in [-0.2, 0) is 12.6 Å². The van der Waals surface area contributed by atoms with Crippen molar-refractivity contribution in [2.24, 2.45) is 0 Å². The molecular formula is C17H16BrF3N2O3S. The summed E-state index contributed by atoms with van der Waals surface area (Å²) >= 11 is 4.53. The molecule has 1 atom stereocenters. The van der Waals surface area contributed by atoms with Gasteiger partial charge in [0.15, 0.2) is 0 Å². The first-order valence-corrected chi connectivity index (χ1v) is 9.37. The second-order valence-corrected chi connectivity index (χ2v) is 7.84. The third-order valence-corrected chi connectivity index (χ3v) is 5.84. The summed E-state index contributed by atoms with van der Waals surface area (Å²) in [4.78, 5) is 24.5. The summed E-state index contributed by atoms with van der Waals surface area (Å²) in [6, 6.07) is 5.78. The predicted octanol–water partition coefficient (Wildman–Crippen LogP) is 4.45. The zero-order valence-corrected chi connectivity index (χ0v) is 16.5. The fourth-order valence-electron chi connectivity index (χ4n) is 2.45. The average Bonchev–Trinajstić information content (AvgIpc) is 2.91. The quantitative estimate of drug-likeness (QED) is 0.590. The molecule has 5 nitrogen and oxygen atoms in total. The van der Waals surface area contributed by atoms with Crippen molar-refractivity contribution in [2.75, 3.05) is 6.54 Å². The minimum Gasteiger partial charge on any atom is -0.465 e. The van der Waals surface area contributed by atoms with E-state index in [2.05, 4.69) is 26.6 Å². The van der Waals surface area contributed by atoms with Crippen molar-refractivity contribution < 1.29 is 27.9 Å². The standard InChI is InChI=1S/C17H16BrF3N2O3S/c1-9-13(18)7-14(27-9)15(24)23-11(8-22-16(25)26)6-10-4-2-3-5-12(10)17(19,20)21/h2-5,7,11,22H,6,8H2,1H3,(H,23,24)(H,25,26)/t11-/m0/s1. The highest BCUT2D eigenvalue weighted by Crippen LogP contribution is 2.32. The van der Waals surface area contributed by atoms with Crippen LogP contribution in [-0.4, -0.2) is 29.7 Å². The number of benzene rings is 1. The van der Waals surface area contributed by atoms with Gasteiger partial charge in [-0.05, 0) is 47.0 Å². The number of carboxylic acid groups (broad SMARTS) is 1. The van der Waals surface area contributed by atoms with Crippen LogP contribution < -0.4 is 10.6 Å². The Hall–Kier alpha value is -2.07. The molecule has 0 aliphatic carbocycles. The SMILES string of the molecule is Cc1sc(C(=O)N[C@H](CNC(=O)O)Cc2ccccc2C(F)(F)F)cc1Br. The Bertz CT molecular complexity index is 820. The number of hydrogen-bond donors (Lipinski definition) is 3. The molecule has 1 heterocycles. The van der Waals surface area contributed by atoms with Gasteiger partial charge >= 0.3 is 12.3 Å². The maximum absolute atomic E-state index is 13.2. The zero-order chi connectivity index (χ0) is 20.2. The Balaban J connectivity index is 2.22. The van der Waals surface area contributed by atoms with Crippen LogP contribution in [0.4, 0.5) is 18.0 Å². The first-order valence-electron chi connectivity index (χ1n) is 7.76. The molecule has 0 aliphatic heterocycles. The monoisotopic (exact) mass is 464 g/mol. The predicted molar refractivity (Wildman–Crippen MR) is 99.2 cm³/mol. The lowest BCUT2D eigenvalue weighted by molar-refractivity contribution is -0.138. The van der Waals surface area contributed by atoms with Gasteiger partial charge in [-0.1, -0.05) is 18.2 Å². The molecule has 146 valence electrons. The number of amides is 2. The molecule has 0 aliphatic rings. The number of carbonyl (C=O) groups is 2. The van der Waals surface area contributed by atoms with Crippen LogP contribution >= 0.6 is 27.3 Å². The fraction of sp³-hybridized carbons (Fsp3) is 0.294. The van der Waals surface area contributed by atoms with E-state index in [-0.39, 0.29) is 18.5 Å². The Labute approximate surface area is 165 Å². The van der Waals surface area contributed by atoms with Crippen LogP contribution in [0.25, 0.3) is 0 Å². The van der Waals surface area contributed by atoms with E-state index in [1.165, 1.54) is 29.5 Å². The second-order valence-electron chi connectivity index (χ2n) is 5.73. The molecule has 10 heteroatoms. The molecular weight excluding hydrogens is 449 g/mol. The van der Waals surface area contributed by atoms with Crippen molar-refractivity contribution >= 4 is 39.3 Å². The van der Waals surface area contributed by atoms with Crippen LogP contribution in [0, 0.1) is 6.92 Å². The first-order chi connectivity index (χ1) is 12.6. The Kier molecular flexibility index (Phi) is 6.88. The number of nitrogens with one attached hydrogen (secondary N) is 2. The molecule has 0 saturated carbocycles. The minimum absolute atomic E-state index is 0.0222. The third-order valence-electron chi connectivity index (χ3n) is 3.70. The summed E-state index contributed by atoms with van der Waals surface area (Å²) in [6.45, 7) is 1.59. The lowest BCUT2D eigenvalue weighted by Gasteiger charge is -2.21. The van der Waals surface area contributed by atoms with Crippen LogP contribution in [0.1, 0.15) is 25.7 Å².